The molecule has 0 aromatic rings. The van der Waals surface area contributed by atoms with E-state index in [9.17, 15) is 35.4 Å². The molecule has 0 bridgehead atoms. The molecule has 0 saturated carbocycles. The second kappa shape index (κ2) is 39.7. The van der Waals surface area contributed by atoms with E-state index in [1.807, 2.05) is 0 Å². The maximum Gasteiger partial charge on any atom is 0.220 e. The summed E-state index contributed by atoms with van der Waals surface area (Å²) in [5.74, 6) is -0.255. The molecule has 1 rings (SSSR count). The van der Waals surface area contributed by atoms with Crippen molar-refractivity contribution in [3.05, 3.63) is 0 Å². The van der Waals surface area contributed by atoms with Crippen molar-refractivity contribution in [2.75, 3.05) is 32.8 Å². The Morgan fingerprint density at radius 1 is 0.567 bits per heavy atom. The molecule has 0 radical (unpaired) electrons. The van der Waals surface area contributed by atoms with Crippen LogP contribution < -0.4 is 5.32 Å². The first-order valence-electron chi connectivity index (χ1n) is 25.5. The lowest BCUT2D eigenvalue weighted by atomic mass is 9.98. The molecule has 1 saturated heterocycles. The van der Waals surface area contributed by atoms with E-state index in [1.54, 1.807) is 0 Å². The van der Waals surface area contributed by atoms with E-state index in [1.165, 1.54) is 161 Å². The number of ether oxygens (including phenoxy) is 2. The predicted molar refractivity (Wildman–Crippen MR) is 245 cm³/mol. The van der Waals surface area contributed by atoms with Crippen LogP contribution in [0, 0.1) is 0 Å². The molecule has 0 aromatic heterocycles. The highest BCUT2D eigenvalue weighted by Gasteiger charge is 2.44. The zero-order valence-electron chi connectivity index (χ0n) is 39.1. The molecule has 0 spiro atoms. The Balaban J connectivity index is 2.46. The van der Waals surface area contributed by atoms with Crippen molar-refractivity contribution in [2.24, 2.45) is 0 Å². The normalized spacial score (nSPS) is 21.1. The largest absolute Gasteiger partial charge is 0.394 e. The smallest absolute Gasteiger partial charge is 0.220 e. The summed E-state index contributed by atoms with van der Waals surface area (Å²) in [6.07, 6.45) is 27.5. The van der Waals surface area contributed by atoms with Crippen molar-refractivity contribution in [1.29, 1.82) is 0 Å². The standard InChI is InChI=1S/C49H98N2O9/c1-4-7-10-13-14-15-16-17-18-21-24-29-34-42(53)45(55)41(40-59-49-48(58)47(57)46(56)43(39-52)60-49)50-44(54)35-30-25-22-19-20-23-28-33-38-51(36-31-26-11-8-5-2)37-32-27-12-9-6-3/h41-43,45-49,52-53,55-58H,4-40H2,1-3H3,(H,50,54)/t41-,42+,43+,45-,46-,47-,48+,49-/m0/s1. The molecule has 0 aliphatic carbocycles. The van der Waals surface area contributed by atoms with E-state index >= 15 is 0 Å². The first-order chi connectivity index (χ1) is 29.2. The number of rotatable bonds is 43. The van der Waals surface area contributed by atoms with Crippen molar-refractivity contribution < 1.29 is 44.9 Å². The van der Waals surface area contributed by atoms with Crippen molar-refractivity contribution >= 4 is 5.91 Å². The van der Waals surface area contributed by atoms with Gasteiger partial charge in [-0.1, -0.05) is 188 Å². The van der Waals surface area contributed by atoms with Gasteiger partial charge in [-0.25, -0.2) is 0 Å². The average molecular weight is 859 g/mol. The molecule has 7 N–H and O–H groups in total. The first-order valence-corrected chi connectivity index (χ1v) is 25.5. The van der Waals surface area contributed by atoms with E-state index < -0.39 is 55.6 Å². The number of nitrogens with one attached hydrogen (secondary N) is 1. The van der Waals surface area contributed by atoms with Crippen LogP contribution >= 0.6 is 0 Å². The minimum Gasteiger partial charge on any atom is -0.394 e. The molecule has 8 atom stereocenters. The fourth-order valence-corrected chi connectivity index (χ4v) is 8.44. The van der Waals surface area contributed by atoms with Crippen LogP contribution in [0.25, 0.3) is 0 Å². The highest BCUT2D eigenvalue weighted by Crippen LogP contribution is 2.23. The van der Waals surface area contributed by atoms with Gasteiger partial charge in [-0.15, -0.1) is 0 Å². The monoisotopic (exact) mass is 859 g/mol. The summed E-state index contributed by atoms with van der Waals surface area (Å²) >= 11 is 0. The Hall–Kier alpha value is -0.890. The summed E-state index contributed by atoms with van der Waals surface area (Å²) in [4.78, 5) is 15.8. The van der Waals surface area contributed by atoms with Crippen molar-refractivity contribution in [1.82, 2.24) is 10.2 Å². The lowest BCUT2D eigenvalue weighted by molar-refractivity contribution is -0.303. The number of carbonyl (C=O) groups excluding carboxylic acids is 1. The molecule has 1 aliphatic rings. The zero-order chi connectivity index (χ0) is 44.1. The second-order valence-corrected chi connectivity index (χ2v) is 18.2. The molecule has 0 aromatic carbocycles. The van der Waals surface area contributed by atoms with Gasteiger partial charge in [0.05, 0.1) is 25.4 Å². The Bertz CT molecular complexity index is 932. The lowest BCUT2D eigenvalue weighted by Crippen LogP contribution is -2.60. The van der Waals surface area contributed by atoms with Crippen LogP contribution in [-0.2, 0) is 14.3 Å². The Kier molecular flexibility index (Phi) is 37.8. The number of nitrogens with zero attached hydrogens (tertiary/aromatic N) is 1. The highest BCUT2D eigenvalue weighted by atomic mass is 16.7. The molecule has 1 aliphatic heterocycles. The van der Waals surface area contributed by atoms with Gasteiger partial charge in [0.1, 0.15) is 30.5 Å². The van der Waals surface area contributed by atoms with Crippen LogP contribution in [0.1, 0.15) is 226 Å². The van der Waals surface area contributed by atoms with Gasteiger partial charge in [0.2, 0.25) is 5.91 Å². The third kappa shape index (κ3) is 28.7. The average Bonchev–Trinajstić information content (AvgIpc) is 3.25. The second-order valence-electron chi connectivity index (χ2n) is 18.2. The number of unbranched alkanes of at least 4 members (excludes halogenated alkanes) is 26. The van der Waals surface area contributed by atoms with Crippen LogP contribution in [-0.4, -0.2) is 123 Å². The molecule has 1 fully saturated rings. The van der Waals surface area contributed by atoms with Gasteiger partial charge >= 0.3 is 0 Å². The molecular formula is C49H98N2O9. The fourth-order valence-electron chi connectivity index (χ4n) is 8.44. The fraction of sp³-hybridized carbons (Fsp3) is 0.980. The molecule has 60 heavy (non-hydrogen) atoms. The Morgan fingerprint density at radius 3 is 1.40 bits per heavy atom. The minimum absolute atomic E-state index is 0.255. The number of hydrogen-bond acceptors (Lipinski definition) is 10. The third-order valence-electron chi connectivity index (χ3n) is 12.6. The lowest BCUT2D eigenvalue weighted by Gasteiger charge is -2.40. The van der Waals surface area contributed by atoms with Crippen LogP contribution in [0.3, 0.4) is 0 Å². The van der Waals surface area contributed by atoms with E-state index in [0.717, 1.165) is 51.4 Å². The quantitative estimate of drug-likeness (QED) is 0.0294. The highest BCUT2D eigenvalue weighted by molar-refractivity contribution is 5.76. The van der Waals surface area contributed by atoms with Crippen LogP contribution in [0.4, 0.5) is 0 Å². The summed E-state index contributed by atoms with van der Waals surface area (Å²) in [5, 5.41) is 65.4. The van der Waals surface area contributed by atoms with Gasteiger partial charge < -0.3 is 50.3 Å². The molecular weight excluding hydrogens is 761 g/mol. The predicted octanol–water partition coefficient (Wildman–Crippen LogP) is 8.85. The van der Waals surface area contributed by atoms with Gasteiger partial charge in [0, 0.05) is 6.42 Å². The van der Waals surface area contributed by atoms with Crippen LogP contribution in [0.5, 0.6) is 0 Å². The minimum atomic E-state index is -1.61. The molecule has 1 heterocycles. The van der Waals surface area contributed by atoms with E-state index in [4.69, 9.17) is 9.47 Å². The molecule has 11 nitrogen and oxygen atoms in total. The number of aliphatic hydroxyl groups is 6. The van der Waals surface area contributed by atoms with Crippen LogP contribution in [0.2, 0.25) is 0 Å². The van der Waals surface area contributed by atoms with E-state index in [2.05, 4.69) is 31.0 Å². The van der Waals surface area contributed by atoms with Crippen molar-refractivity contribution in [3.63, 3.8) is 0 Å². The SMILES string of the molecule is CCCCCCCCCCCCCC[C@@H](O)[C@@H](O)[C@H](CO[C@H]1O[C@H](CO)[C@H](O)[C@H](O)[C@H]1O)NC(=O)CCCCCCCCCCN(CCCCCCC)CCCCCCC. The van der Waals surface area contributed by atoms with Gasteiger partial charge in [-0.2, -0.15) is 0 Å². The van der Waals surface area contributed by atoms with Gasteiger partial charge in [-0.05, 0) is 51.7 Å². The van der Waals surface area contributed by atoms with Crippen LogP contribution in [0.15, 0.2) is 0 Å². The number of aliphatic hydroxyl groups excluding tert-OH is 6. The number of carbonyl (C=O) groups is 1. The summed E-state index contributed by atoms with van der Waals surface area (Å²) in [7, 11) is 0. The van der Waals surface area contributed by atoms with Gasteiger partial charge in [0.25, 0.3) is 0 Å². The summed E-state index contributed by atoms with van der Waals surface area (Å²) in [5.41, 5.74) is 0. The molecule has 358 valence electrons. The maximum absolute atomic E-state index is 13.1. The van der Waals surface area contributed by atoms with E-state index in [-0.39, 0.29) is 18.9 Å². The first kappa shape index (κ1) is 57.1. The summed E-state index contributed by atoms with van der Waals surface area (Å²) in [6, 6.07) is -0.991. The van der Waals surface area contributed by atoms with Crippen molar-refractivity contribution in [2.45, 2.75) is 275 Å². The molecule has 1 amide bonds. The number of hydrogen-bond donors (Lipinski definition) is 7. The zero-order valence-corrected chi connectivity index (χ0v) is 39.1. The Morgan fingerprint density at radius 2 is 0.967 bits per heavy atom. The number of amides is 1. The third-order valence-corrected chi connectivity index (χ3v) is 12.6. The maximum atomic E-state index is 13.1. The summed E-state index contributed by atoms with van der Waals surface area (Å²) < 4.78 is 11.2. The molecule has 0 unspecified atom stereocenters. The Labute approximate surface area is 368 Å². The van der Waals surface area contributed by atoms with E-state index in [0.29, 0.717) is 6.42 Å². The van der Waals surface area contributed by atoms with Gasteiger partial charge in [-0.3, -0.25) is 4.79 Å². The van der Waals surface area contributed by atoms with Crippen molar-refractivity contribution in [3.8, 4) is 0 Å². The molecule has 11 heteroatoms. The summed E-state index contributed by atoms with van der Waals surface area (Å²) in [6.45, 7) is 9.60. The van der Waals surface area contributed by atoms with Gasteiger partial charge in [0.15, 0.2) is 6.29 Å². The topological polar surface area (TPSA) is 172 Å².